The molecule has 1 aliphatic carbocycles. The number of fused-ring (bicyclic) bond motifs is 1. The summed E-state index contributed by atoms with van der Waals surface area (Å²) in [6.07, 6.45) is 8.73. The number of hydrogen-bond acceptors (Lipinski definition) is 4. The summed E-state index contributed by atoms with van der Waals surface area (Å²) in [4.78, 5) is 24.0. The zero-order valence-corrected chi connectivity index (χ0v) is 14.6. The molecule has 1 unspecified atom stereocenters. The van der Waals surface area contributed by atoms with Crippen LogP contribution >= 0.6 is 0 Å². The number of carbonyl (C=O) groups excluding carboxylic acids is 1. The monoisotopic (exact) mass is 316 g/mol. The van der Waals surface area contributed by atoms with Gasteiger partial charge in [-0.1, -0.05) is 20.8 Å². The lowest BCUT2D eigenvalue weighted by molar-refractivity contribution is -0.129. The van der Waals surface area contributed by atoms with Gasteiger partial charge in [-0.15, -0.1) is 0 Å². The van der Waals surface area contributed by atoms with Crippen LogP contribution in [-0.4, -0.2) is 29.0 Å². The molecule has 1 aromatic rings. The summed E-state index contributed by atoms with van der Waals surface area (Å²) >= 11 is 0. The van der Waals surface area contributed by atoms with Crippen LogP contribution in [0, 0.1) is 5.41 Å². The van der Waals surface area contributed by atoms with Gasteiger partial charge in [-0.2, -0.15) is 0 Å². The zero-order valence-electron chi connectivity index (χ0n) is 14.6. The van der Waals surface area contributed by atoms with Gasteiger partial charge in [0.25, 0.3) is 0 Å². The van der Waals surface area contributed by atoms with Crippen LogP contribution in [0.3, 0.4) is 0 Å². The van der Waals surface area contributed by atoms with E-state index >= 15 is 0 Å². The number of aryl methyl sites for hydroxylation is 1. The van der Waals surface area contributed by atoms with Crippen LogP contribution in [0.15, 0.2) is 6.20 Å². The molecule has 1 aromatic heterocycles. The third kappa shape index (κ3) is 3.65. The number of nitrogens with zero attached hydrogens (tertiary/aromatic N) is 3. The number of rotatable bonds is 2. The molecule has 1 atom stereocenters. The highest BCUT2D eigenvalue weighted by atomic mass is 16.2. The molecule has 3 rings (SSSR count). The average Bonchev–Trinajstić information content (AvgIpc) is 2.54. The minimum atomic E-state index is -0.369. The van der Waals surface area contributed by atoms with Crippen LogP contribution in [0.5, 0.6) is 0 Å². The molecule has 5 nitrogen and oxygen atoms in total. The highest BCUT2D eigenvalue weighted by Crippen LogP contribution is 2.30. The number of piperidine rings is 1. The van der Waals surface area contributed by atoms with Gasteiger partial charge in [0.1, 0.15) is 0 Å². The molecule has 1 amide bonds. The van der Waals surface area contributed by atoms with Crippen LogP contribution in [0.4, 0.5) is 5.95 Å². The van der Waals surface area contributed by atoms with Crippen molar-refractivity contribution in [1.82, 2.24) is 15.3 Å². The molecule has 0 spiro atoms. The van der Waals surface area contributed by atoms with E-state index in [-0.39, 0.29) is 17.4 Å². The molecule has 2 aliphatic rings. The Balaban J connectivity index is 1.78. The van der Waals surface area contributed by atoms with E-state index < -0.39 is 0 Å². The fraction of sp³-hybridized carbons (Fsp3) is 0.722. The van der Waals surface area contributed by atoms with Crippen molar-refractivity contribution in [2.75, 3.05) is 18.0 Å². The zero-order chi connectivity index (χ0) is 16.4. The summed E-state index contributed by atoms with van der Waals surface area (Å²) in [5, 5.41) is 3.18. The third-order valence-corrected chi connectivity index (χ3v) is 4.79. The van der Waals surface area contributed by atoms with E-state index in [0.717, 1.165) is 49.6 Å². The summed E-state index contributed by atoms with van der Waals surface area (Å²) in [5.41, 5.74) is 1.85. The predicted octanol–water partition coefficient (Wildman–Crippen LogP) is 3.01. The van der Waals surface area contributed by atoms with E-state index in [1.54, 1.807) is 0 Å². The topological polar surface area (TPSA) is 58.1 Å². The highest BCUT2D eigenvalue weighted by molar-refractivity contribution is 5.81. The summed E-state index contributed by atoms with van der Waals surface area (Å²) in [6, 6.07) is 0.0564. The second kappa shape index (κ2) is 6.46. The largest absolute Gasteiger partial charge is 0.349 e. The highest BCUT2D eigenvalue weighted by Gasteiger charge is 2.29. The van der Waals surface area contributed by atoms with Crippen LogP contribution in [0.1, 0.15) is 70.2 Å². The van der Waals surface area contributed by atoms with Crippen LogP contribution in [-0.2, 0) is 11.2 Å². The van der Waals surface area contributed by atoms with Gasteiger partial charge in [0.05, 0.1) is 11.7 Å². The molecule has 1 fully saturated rings. The van der Waals surface area contributed by atoms with Crippen molar-refractivity contribution in [1.29, 1.82) is 0 Å². The Bertz CT molecular complexity index is 573. The maximum Gasteiger partial charge on any atom is 0.225 e. The maximum atomic E-state index is 12.3. The van der Waals surface area contributed by atoms with Gasteiger partial charge in [-0.3, -0.25) is 4.79 Å². The number of amides is 1. The van der Waals surface area contributed by atoms with Crippen molar-refractivity contribution >= 4 is 11.9 Å². The molecule has 126 valence electrons. The van der Waals surface area contributed by atoms with E-state index in [2.05, 4.69) is 15.2 Å². The number of anilines is 1. The van der Waals surface area contributed by atoms with E-state index in [4.69, 9.17) is 4.98 Å². The SMILES string of the molecule is CC(C)(C)C(=O)NC1CCCc2nc(N3CCCCC3)ncc21. The average molecular weight is 316 g/mol. The quantitative estimate of drug-likeness (QED) is 0.911. The molecule has 1 N–H and O–H groups in total. The smallest absolute Gasteiger partial charge is 0.225 e. The Morgan fingerprint density at radius 3 is 2.65 bits per heavy atom. The standard InChI is InChI=1S/C18H28N4O/c1-18(2,3)16(23)20-14-8-7-9-15-13(14)12-19-17(21-15)22-10-5-4-6-11-22/h12,14H,4-11H2,1-3H3,(H,20,23). The first-order valence-electron chi connectivity index (χ1n) is 8.87. The van der Waals surface area contributed by atoms with Gasteiger partial charge < -0.3 is 10.2 Å². The Kier molecular flexibility index (Phi) is 4.55. The molecular formula is C18H28N4O. The minimum Gasteiger partial charge on any atom is -0.349 e. The Morgan fingerprint density at radius 2 is 1.96 bits per heavy atom. The van der Waals surface area contributed by atoms with Gasteiger partial charge in [0, 0.05) is 30.3 Å². The van der Waals surface area contributed by atoms with Gasteiger partial charge in [0.2, 0.25) is 11.9 Å². The van der Waals surface area contributed by atoms with E-state index in [0.29, 0.717) is 0 Å². The normalized spacial score (nSPS) is 21.7. The lowest BCUT2D eigenvalue weighted by Gasteiger charge is -2.31. The first-order chi connectivity index (χ1) is 10.9. The van der Waals surface area contributed by atoms with Crippen molar-refractivity contribution in [2.24, 2.45) is 5.41 Å². The number of carbonyl (C=O) groups is 1. The molecule has 1 saturated heterocycles. The lowest BCUT2D eigenvalue weighted by Crippen LogP contribution is -2.39. The third-order valence-electron chi connectivity index (χ3n) is 4.79. The lowest BCUT2D eigenvalue weighted by atomic mass is 9.90. The van der Waals surface area contributed by atoms with E-state index in [1.807, 2.05) is 27.0 Å². The summed E-state index contributed by atoms with van der Waals surface area (Å²) in [6.45, 7) is 7.96. The van der Waals surface area contributed by atoms with Crippen molar-refractivity contribution in [3.63, 3.8) is 0 Å². The molecule has 2 heterocycles. The molecular weight excluding hydrogens is 288 g/mol. The van der Waals surface area contributed by atoms with Gasteiger partial charge in [-0.05, 0) is 38.5 Å². The summed E-state index contributed by atoms with van der Waals surface area (Å²) in [5.74, 6) is 0.960. The predicted molar refractivity (Wildman–Crippen MR) is 91.4 cm³/mol. The molecule has 0 saturated carbocycles. The first kappa shape index (κ1) is 16.2. The summed E-state index contributed by atoms with van der Waals surface area (Å²) < 4.78 is 0. The number of hydrogen-bond donors (Lipinski definition) is 1. The van der Waals surface area contributed by atoms with Gasteiger partial charge in [-0.25, -0.2) is 9.97 Å². The van der Waals surface area contributed by atoms with Gasteiger partial charge >= 0.3 is 0 Å². The first-order valence-corrected chi connectivity index (χ1v) is 8.87. The number of nitrogens with one attached hydrogen (secondary N) is 1. The Hall–Kier alpha value is -1.65. The maximum absolute atomic E-state index is 12.3. The Morgan fingerprint density at radius 1 is 1.22 bits per heavy atom. The Labute approximate surface area is 138 Å². The van der Waals surface area contributed by atoms with Gasteiger partial charge in [0.15, 0.2) is 0 Å². The van der Waals surface area contributed by atoms with E-state index in [9.17, 15) is 4.79 Å². The van der Waals surface area contributed by atoms with Crippen molar-refractivity contribution in [3.8, 4) is 0 Å². The van der Waals surface area contributed by atoms with Crippen molar-refractivity contribution in [3.05, 3.63) is 17.5 Å². The molecule has 23 heavy (non-hydrogen) atoms. The van der Waals surface area contributed by atoms with Crippen LogP contribution < -0.4 is 10.2 Å². The van der Waals surface area contributed by atoms with E-state index in [1.165, 1.54) is 19.3 Å². The van der Waals surface area contributed by atoms with Crippen LogP contribution in [0.25, 0.3) is 0 Å². The molecule has 5 heteroatoms. The van der Waals surface area contributed by atoms with Crippen LogP contribution in [0.2, 0.25) is 0 Å². The fourth-order valence-electron chi connectivity index (χ4n) is 3.31. The number of aromatic nitrogens is 2. The molecule has 0 aromatic carbocycles. The van der Waals surface area contributed by atoms with Crippen molar-refractivity contribution in [2.45, 2.75) is 65.3 Å². The minimum absolute atomic E-state index is 0.0564. The fourth-order valence-corrected chi connectivity index (χ4v) is 3.31. The molecule has 0 radical (unpaired) electrons. The molecule has 0 bridgehead atoms. The second-order valence-electron chi connectivity index (χ2n) is 7.79. The molecule has 1 aliphatic heterocycles. The second-order valence-corrected chi connectivity index (χ2v) is 7.79. The summed E-state index contributed by atoms with van der Waals surface area (Å²) in [7, 11) is 0. The van der Waals surface area contributed by atoms with Crippen molar-refractivity contribution < 1.29 is 4.79 Å².